The number of aromatic nitrogens is 3. The Morgan fingerprint density at radius 3 is 3.00 bits per heavy atom. The largest absolute Gasteiger partial charge is 0.319 e. The molecule has 5 heteroatoms. The van der Waals surface area contributed by atoms with E-state index in [1.807, 2.05) is 18.5 Å². The van der Waals surface area contributed by atoms with E-state index < -0.39 is 0 Å². The minimum Gasteiger partial charge on any atom is -0.319 e. The van der Waals surface area contributed by atoms with Gasteiger partial charge in [0.1, 0.15) is 12.2 Å². The number of hydrogen-bond acceptors (Lipinski definition) is 3. The molecular formula is C8H15FN4. The van der Waals surface area contributed by atoms with Gasteiger partial charge in [0.2, 0.25) is 0 Å². The van der Waals surface area contributed by atoms with E-state index in [0.29, 0.717) is 13.0 Å². The van der Waals surface area contributed by atoms with Gasteiger partial charge in [-0.25, -0.2) is 0 Å². The summed E-state index contributed by atoms with van der Waals surface area (Å²) >= 11 is 0. The van der Waals surface area contributed by atoms with Gasteiger partial charge in [-0.05, 0) is 19.9 Å². The van der Waals surface area contributed by atoms with Crippen molar-refractivity contribution in [2.45, 2.75) is 19.4 Å². The summed E-state index contributed by atoms with van der Waals surface area (Å²) in [7, 11) is 1.89. The second kappa shape index (κ2) is 4.91. The Labute approximate surface area is 77.2 Å². The fourth-order valence-corrected chi connectivity index (χ4v) is 1.16. The van der Waals surface area contributed by atoms with Gasteiger partial charge in [-0.2, -0.15) is 0 Å². The molecule has 0 aromatic carbocycles. The molecule has 0 saturated carbocycles. The third-order valence-electron chi connectivity index (χ3n) is 1.89. The van der Waals surface area contributed by atoms with Crippen LogP contribution in [0.2, 0.25) is 0 Å². The monoisotopic (exact) mass is 186 g/mol. The quantitative estimate of drug-likeness (QED) is 0.692. The molecule has 0 fully saturated rings. The summed E-state index contributed by atoms with van der Waals surface area (Å²) in [5, 5.41) is 10.9. The molecule has 0 spiro atoms. The van der Waals surface area contributed by atoms with Crippen LogP contribution < -0.4 is 5.32 Å². The molecular weight excluding hydrogens is 171 g/mol. The number of nitrogens with one attached hydrogen (secondary N) is 1. The molecule has 1 heterocycles. The van der Waals surface area contributed by atoms with Crippen LogP contribution in [0.15, 0.2) is 6.33 Å². The molecule has 1 aromatic heterocycles. The van der Waals surface area contributed by atoms with E-state index >= 15 is 0 Å². The molecule has 1 atom stereocenters. The van der Waals surface area contributed by atoms with Crippen LogP contribution >= 0.6 is 0 Å². The number of alkyl halides is 1. The van der Waals surface area contributed by atoms with Gasteiger partial charge in [-0.15, -0.1) is 10.2 Å². The lowest BCUT2D eigenvalue weighted by Gasteiger charge is -2.11. The zero-order chi connectivity index (χ0) is 9.68. The zero-order valence-corrected chi connectivity index (χ0v) is 8.00. The van der Waals surface area contributed by atoms with E-state index in [4.69, 9.17) is 0 Å². The Hall–Kier alpha value is -0.970. The first-order valence-corrected chi connectivity index (χ1v) is 4.39. The van der Waals surface area contributed by atoms with Crippen molar-refractivity contribution in [3.63, 3.8) is 0 Å². The second-order valence-electron chi connectivity index (χ2n) is 3.02. The summed E-state index contributed by atoms with van der Waals surface area (Å²) < 4.78 is 13.6. The number of hydrogen-bond donors (Lipinski definition) is 1. The first-order chi connectivity index (χ1) is 6.25. The van der Waals surface area contributed by atoms with Crippen molar-refractivity contribution in [2.24, 2.45) is 7.05 Å². The molecule has 74 valence electrons. The number of rotatable bonds is 5. The molecule has 0 aliphatic carbocycles. The van der Waals surface area contributed by atoms with Gasteiger partial charge in [0, 0.05) is 7.05 Å². The van der Waals surface area contributed by atoms with Crippen LogP contribution in [0.1, 0.15) is 25.2 Å². The third kappa shape index (κ3) is 2.77. The highest BCUT2D eigenvalue weighted by atomic mass is 19.1. The predicted molar refractivity (Wildman–Crippen MR) is 48.0 cm³/mol. The SMILES string of the molecule is CC(NCCCF)c1nncn1C. The van der Waals surface area contributed by atoms with Gasteiger partial charge in [0.25, 0.3) is 0 Å². The maximum absolute atomic E-state index is 11.8. The maximum atomic E-state index is 11.8. The fraction of sp³-hybridized carbons (Fsp3) is 0.750. The van der Waals surface area contributed by atoms with E-state index in [0.717, 1.165) is 5.82 Å². The summed E-state index contributed by atoms with van der Waals surface area (Å²) in [4.78, 5) is 0. The van der Waals surface area contributed by atoms with Crippen LogP contribution in [0.4, 0.5) is 4.39 Å². The smallest absolute Gasteiger partial charge is 0.149 e. The molecule has 1 aromatic rings. The van der Waals surface area contributed by atoms with Gasteiger partial charge in [-0.3, -0.25) is 4.39 Å². The molecule has 0 bridgehead atoms. The van der Waals surface area contributed by atoms with Crippen molar-refractivity contribution in [3.8, 4) is 0 Å². The summed E-state index contributed by atoms with van der Waals surface area (Å²) in [6.45, 7) is 2.38. The lowest BCUT2D eigenvalue weighted by Crippen LogP contribution is -2.22. The molecule has 0 aliphatic rings. The normalized spacial score (nSPS) is 13.2. The van der Waals surface area contributed by atoms with Crippen LogP contribution in [0.25, 0.3) is 0 Å². The Morgan fingerprint density at radius 1 is 1.69 bits per heavy atom. The number of halogens is 1. The molecule has 1 rings (SSSR count). The molecule has 13 heavy (non-hydrogen) atoms. The third-order valence-corrected chi connectivity index (χ3v) is 1.89. The molecule has 0 aliphatic heterocycles. The highest BCUT2D eigenvalue weighted by Crippen LogP contribution is 2.06. The summed E-state index contributed by atoms with van der Waals surface area (Å²) in [5.41, 5.74) is 0. The van der Waals surface area contributed by atoms with Crippen LogP contribution in [0.5, 0.6) is 0 Å². The zero-order valence-electron chi connectivity index (χ0n) is 8.00. The van der Waals surface area contributed by atoms with Crippen molar-refractivity contribution >= 4 is 0 Å². The standard InChI is InChI=1S/C8H15FN4/c1-7(10-5-3-4-9)8-12-11-6-13(8)2/h6-7,10H,3-5H2,1-2H3. The minimum absolute atomic E-state index is 0.124. The van der Waals surface area contributed by atoms with Crippen molar-refractivity contribution in [3.05, 3.63) is 12.2 Å². The van der Waals surface area contributed by atoms with Crippen LogP contribution in [0, 0.1) is 0 Å². The Balaban J connectivity index is 2.39. The highest BCUT2D eigenvalue weighted by molar-refractivity contribution is 4.91. The first kappa shape index (κ1) is 10.1. The molecule has 0 radical (unpaired) electrons. The lowest BCUT2D eigenvalue weighted by molar-refractivity contribution is 0.438. The summed E-state index contributed by atoms with van der Waals surface area (Å²) in [5.74, 6) is 0.874. The van der Waals surface area contributed by atoms with Crippen LogP contribution in [-0.4, -0.2) is 28.0 Å². The van der Waals surface area contributed by atoms with E-state index in [-0.39, 0.29) is 12.7 Å². The molecule has 1 N–H and O–H groups in total. The highest BCUT2D eigenvalue weighted by Gasteiger charge is 2.09. The second-order valence-corrected chi connectivity index (χ2v) is 3.02. The van der Waals surface area contributed by atoms with E-state index in [1.165, 1.54) is 0 Å². The molecule has 0 saturated heterocycles. The van der Waals surface area contributed by atoms with Gasteiger partial charge >= 0.3 is 0 Å². The fourth-order valence-electron chi connectivity index (χ4n) is 1.16. The molecule has 1 unspecified atom stereocenters. The Morgan fingerprint density at radius 2 is 2.46 bits per heavy atom. The van der Waals surface area contributed by atoms with E-state index in [1.54, 1.807) is 6.33 Å². The van der Waals surface area contributed by atoms with Crippen molar-refractivity contribution in [1.29, 1.82) is 0 Å². The lowest BCUT2D eigenvalue weighted by atomic mass is 10.3. The summed E-state index contributed by atoms with van der Waals surface area (Å²) in [6.07, 6.45) is 2.20. The molecule has 0 amide bonds. The van der Waals surface area contributed by atoms with Crippen molar-refractivity contribution in [2.75, 3.05) is 13.2 Å². The van der Waals surface area contributed by atoms with Gasteiger partial charge < -0.3 is 9.88 Å². The van der Waals surface area contributed by atoms with E-state index in [2.05, 4.69) is 15.5 Å². The number of nitrogens with zero attached hydrogens (tertiary/aromatic N) is 3. The molecule has 4 nitrogen and oxygen atoms in total. The number of aryl methyl sites for hydroxylation is 1. The minimum atomic E-state index is -0.279. The van der Waals surface area contributed by atoms with Crippen molar-refractivity contribution in [1.82, 2.24) is 20.1 Å². The Bertz CT molecular complexity index is 248. The van der Waals surface area contributed by atoms with Crippen LogP contribution in [0.3, 0.4) is 0 Å². The first-order valence-electron chi connectivity index (χ1n) is 4.39. The Kier molecular flexibility index (Phi) is 3.82. The topological polar surface area (TPSA) is 42.7 Å². The van der Waals surface area contributed by atoms with Gasteiger partial charge in [0.15, 0.2) is 0 Å². The van der Waals surface area contributed by atoms with E-state index in [9.17, 15) is 4.39 Å². The average Bonchev–Trinajstić information content (AvgIpc) is 2.52. The maximum Gasteiger partial charge on any atom is 0.149 e. The van der Waals surface area contributed by atoms with Crippen LogP contribution in [-0.2, 0) is 7.05 Å². The van der Waals surface area contributed by atoms with Gasteiger partial charge in [0.05, 0.1) is 12.7 Å². The van der Waals surface area contributed by atoms with Crippen molar-refractivity contribution < 1.29 is 4.39 Å². The summed E-state index contributed by atoms with van der Waals surface area (Å²) in [6, 6.07) is 0.124. The average molecular weight is 186 g/mol. The van der Waals surface area contributed by atoms with Gasteiger partial charge in [-0.1, -0.05) is 0 Å². The predicted octanol–water partition coefficient (Wildman–Crippen LogP) is 0.825.